The van der Waals surface area contributed by atoms with Crippen LogP contribution in [0.5, 0.6) is 0 Å². The molecule has 0 saturated heterocycles. The molecule has 10 aromatic rings. The van der Waals surface area contributed by atoms with Crippen LogP contribution in [0, 0.1) is 0 Å². The fraction of sp³-hybridized carbons (Fsp3) is 0. The minimum absolute atomic E-state index is 0.631. The number of fused-ring (bicyclic) bond motifs is 5. The molecule has 0 aliphatic heterocycles. The van der Waals surface area contributed by atoms with E-state index in [9.17, 15) is 0 Å². The number of benzene rings is 8. The number of nitrogens with zero attached hydrogens (tertiary/aromatic N) is 4. The minimum atomic E-state index is 0.631. The summed E-state index contributed by atoms with van der Waals surface area (Å²) in [5.74, 6) is 1.90. The lowest BCUT2D eigenvalue weighted by atomic mass is 10.0. The van der Waals surface area contributed by atoms with Crippen LogP contribution in [0.25, 0.3) is 94.7 Å². The molecule has 0 unspecified atom stereocenters. The summed E-state index contributed by atoms with van der Waals surface area (Å²) < 4.78 is 2.38. The summed E-state index contributed by atoms with van der Waals surface area (Å²) in [4.78, 5) is 15.6. The molecular formula is C49H32N4. The van der Waals surface area contributed by atoms with Crippen LogP contribution in [0.15, 0.2) is 194 Å². The molecule has 0 aliphatic rings. The van der Waals surface area contributed by atoms with Gasteiger partial charge < -0.3 is 4.57 Å². The Bertz CT molecular complexity index is 2800. The van der Waals surface area contributed by atoms with Crippen molar-refractivity contribution in [3.63, 3.8) is 0 Å². The van der Waals surface area contributed by atoms with Gasteiger partial charge in [0.05, 0.1) is 11.0 Å². The maximum Gasteiger partial charge on any atom is 0.164 e. The highest BCUT2D eigenvalue weighted by atomic mass is 15.0. The molecule has 4 nitrogen and oxygen atoms in total. The second kappa shape index (κ2) is 12.9. The Kier molecular flexibility index (Phi) is 7.43. The first kappa shape index (κ1) is 30.6. The summed E-state index contributed by atoms with van der Waals surface area (Å²) in [6.07, 6.45) is 0. The Balaban J connectivity index is 1.20. The largest absolute Gasteiger partial charge is 0.309 e. The van der Waals surface area contributed by atoms with Gasteiger partial charge in [-0.2, -0.15) is 0 Å². The van der Waals surface area contributed by atoms with Crippen LogP contribution in [0.4, 0.5) is 0 Å². The maximum atomic E-state index is 5.24. The summed E-state index contributed by atoms with van der Waals surface area (Å²) in [7, 11) is 0. The number of rotatable bonds is 6. The first-order valence-corrected chi connectivity index (χ1v) is 17.9. The van der Waals surface area contributed by atoms with Gasteiger partial charge in [0.15, 0.2) is 17.5 Å². The highest BCUT2D eigenvalue weighted by Gasteiger charge is 2.21. The summed E-state index contributed by atoms with van der Waals surface area (Å²) in [5.41, 5.74) is 10.8. The lowest BCUT2D eigenvalue weighted by molar-refractivity contribution is 1.08. The molecule has 0 bridgehead atoms. The summed E-state index contributed by atoms with van der Waals surface area (Å²) in [6, 6.07) is 68.0. The summed E-state index contributed by atoms with van der Waals surface area (Å²) >= 11 is 0. The van der Waals surface area contributed by atoms with Gasteiger partial charge >= 0.3 is 0 Å². The van der Waals surface area contributed by atoms with Crippen LogP contribution >= 0.6 is 0 Å². The van der Waals surface area contributed by atoms with E-state index >= 15 is 0 Å². The van der Waals surface area contributed by atoms with E-state index in [1.165, 1.54) is 27.4 Å². The first-order chi connectivity index (χ1) is 26.3. The van der Waals surface area contributed by atoms with Gasteiger partial charge in [0.25, 0.3) is 0 Å². The van der Waals surface area contributed by atoms with Crippen molar-refractivity contribution in [3.8, 4) is 62.1 Å². The zero-order chi connectivity index (χ0) is 35.1. The Hall–Kier alpha value is -7.17. The monoisotopic (exact) mass is 676 g/mol. The van der Waals surface area contributed by atoms with Gasteiger partial charge in [0, 0.05) is 38.5 Å². The molecule has 248 valence electrons. The van der Waals surface area contributed by atoms with Gasteiger partial charge in [-0.1, -0.05) is 176 Å². The molecule has 8 aromatic carbocycles. The molecule has 53 heavy (non-hydrogen) atoms. The predicted octanol–water partition coefficient (Wildman–Crippen LogP) is 12.5. The lowest BCUT2D eigenvalue weighted by Crippen LogP contribution is -2.00. The van der Waals surface area contributed by atoms with E-state index in [4.69, 9.17) is 15.0 Å². The van der Waals surface area contributed by atoms with Crippen molar-refractivity contribution >= 4 is 32.6 Å². The Morgan fingerprint density at radius 2 is 0.811 bits per heavy atom. The van der Waals surface area contributed by atoms with Gasteiger partial charge in [0.1, 0.15) is 0 Å². The van der Waals surface area contributed by atoms with Crippen molar-refractivity contribution in [1.29, 1.82) is 0 Å². The summed E-state index contributed by atoms with van der Waals surface area (Å²) in [6.45, 7) is 0. The predicted molar refractivity (Wildman–Crippen MR) is 219 cm³/mol. The first-order valence-electron chi connectivity index (χ1n) is 17.9. The van der Waals surface area contributed by atoms with E-state index < -0.39 is 0 Å². The van der Waals surface area contributed by atoms with Crippen molar-refractivity contribution in [2.45, 2.75) is 0 Å². The molecule has 4 heteroatoms. The zero-order valence-corrected chi connectivity index (χ0v) is 28.8. The van der Waals surface area contributed by atoms with E-state index in [0.717, 1.165) is 49.8 Å². The molecule has 10 rings (SSSR count). The molecule has 0 atom stereocenters. The molecule has 0 aliphatic carbocycles. The van der Waals surface area contributed by atoms with E-state index in [-0.39, 0.29) is 0 Å². The normalized spacial score (nSPS) is 11.4. The van der Waals surface area contributed by atoms with Crippen LogP contribution in [-0.4, -0.2) is 19.5 Å². The smallest absolute Gasteiger partial charge is 0.164 e. The second-order valence-corrected chi connectivity index (χ2v) is 13.2. The van der Waals surface area contributed by atoms with Crippen molar-refractivity contribution in [2.24, 2.45) is 0 Å². The van der Waals surface area contributed by atoms with Gasteiger partial charge in [-0.3, -0.25) is 0 Å². The average Bonchev–Trinajstić information content (AvgIpc) is 3.60. The molecule has 0 radical (unpaired) electrons. The molecule has 0 spiro atoms. The molecule has 0 fully saturated rings. The molecule has 0 saturated carbocycles. The quantitative estimate of drug-likeness (QED) is 0.176. The van der Waals surface area contributed by atoms with Gasteiger partial charge in [0.2, 0.25) is 0 Å². The molecule has 0 amide bonds. The second-order valence-electron chi connectivity index (χ2n) is 13.2. The van der Waals surface area contributed by atoms with Crippen LogP contribution in [-0.2, 0) is 0 Å². The number of para-hydroxylation sites is 1. The summed E-state index contributed by atoms with van der Waals surface area (Å²) in [5, 5.41) is 4.66. The van der Waals surface area contributed by atoms with Crippen molar-refractivity contribution < 1.29 is 0 Å². The fourth-order valence-electron chi connectivity index (χ4n) is 7.50. The van der Waals surface area contributed by atoms with E-state index in [1.807, 2.05) is 12.1 Å². The highest BCUT2D eigenvalue weighted by Crippen LogP contribution is 2.41. The Morgan fingerprint density at radius 3 is 1.42 bits per heavy atom. The molecular weight excluding hydrogens is 645 g/mol. The molecule has 0 N–H and O–H groups in total. The molecule has 2 aromatic heterocycles. The van der Waals surface area contributed by atoms with Crippen LogP contribution < -0.4 is 0 Å². The van der Waals surface area contributed by atoms with E-state index in [1.54, 1.807) is 0 Å². The minimum Gasteiger partial charge on any atom is -0.309 e. The van der Waals surface area contributed by atoms with E-state index in [2.05, 4.69) is 187 Å². The third kappa shape index (κ3) is 5.45. The van der Waals surface area contributed by atoms with Gasteiger partial charge in [-0.05, 0) is 45.8 Å². The Morgan fingerprint density at radius 1 is 0.321 bits per heavy atom. The fourth-order valence-corrected chi connectivity index (χ4v) is 7.50. The van der Waals surface area contributed by atoms with Gasteiger partial charge in [-0.15, -0.1) is 0 Å². The molecule has 2 heterocycles. The van der Waals surface area contributed by atoms with Crippen molar-refractivity contribution in [3.05, 3.63) is 194 Å². The van der Waals surface area contributed by atoms with Crippen LogP contribution in [0.3, 0.4) is 0 Å². The number of aromatic nitrogens is 4. The number of hydrogen-bond acceptors (Lipinski definition) is 3. The van der Waals surface area contributed by atoms with Crippen LogP contribution in [0.2, 0.25) is 0 Å². The van der Waals surface area contributed by atoms with Crippen LogP contribution in [0.1, 0.15) is 0 Å². The SMILES string of the molecule is c1ccc(-c2ccc(-c3nc(-c4ccc(-c5ccccc5)cc4)nc(-c4cccc5c4c4ccc6ccccc6c4n5-c4ccccc4)n3)cc2)cc1. The van der Waals surface area contributed by atoms with Gasteiger partial charge in [-0.25, -0.2) is 15.0 Å². The third-order valence-electron chi connectivity index (χ3n) is 10.1. The number of hydrogen-bond donors (Lipinski definition) is 0. The average molecular weight is 677 g/mol. The highest BCUT2D eigenvalue weighted by molar-refractivity contribution is 6.22. The zero-order valence-electron chi connectivity index (χ0n) is 28.8. The standard InChI is InChI=1S/C49H32N4/c1-4-13-33(14-5-1)35-23-27-38(28-24-35)47-50-48(39-29-25-36(26-30-39)34-15-6-2-7-16-34)52-49(51-47)43-21-12-22-44-45(43)42-32-31-37-17-10-11-20-41(37)46(42)53(44)40-18-8-3-9-19-40/h1-32H. The lowest BCUT2D eigenvalue weighted by Gasteiger charge is -2.11. The van der Waals surface area contributed by atoms with Crippen molar-refractivity contribution in [2.75, 3.05) is 0 Å². The van der Waals surface area contributed by atoms with E-state index in [0.29, 0.717) is 17.5 Å². The maximum absolute atomic E-state index is 5.24. The topological polar surface area (TPSA) is 43.6 Å². The Labute approximate surface area is 307 Å². The van der Waals surface area contributed by atoms with Crippen molar-refractivity contribution in [1.82, 2.24) is 19.5 Å². The third-order valence-corrected chi connectivity index (χ3v) is 10.1.